The van der Waals surface area contributed by atoms with Crippen LogP contribution in [0.3, 0.4) is 0 Å². The first kappa shape index (κ1) is 20.3. The van der Waals surface area contributed by atoms with Crippen LogP contribution in [0.1, 0.15) is 12.0 Å². The van der Waals surface area contributed by atoms with Crippen LogP contribution in [-0.2, 0) is 21.4 Å². The van der Waals surface area contributed by atoms with Gasteiger partial charge in [0.2, 0.25) is 15.9 Å². The van der Waals surface area contributed by atoms with Crippen molar-refractivity contribution in [1.29, 1.82) is 0 Å². The molecule has 0 atom stereocenters. The molecule has 9 heteroatoms. The summed E-state index contributed by atoms with van der Waals surface area (Å²) >= 11 is 5.89. The topological polar surface area (TPSA) is 66.5 Å². The van der Waals surface area contributed by atoms with E-state index < -0.39 is 26.6 Å². The zero-order valence-electron chi connectivity index (χ0n) is 13.9. The molecule has 0 spiro atoms. The molecule has 0 saturated carbocycles. The van der Waals surface area contributed by atoms with E-state index in [-0.39, 0.29) is 18.9 Å². The number of carbonyl (C=O) groups excluding carboxylic acids is 1. The van der Waals surface area contributed by atoms with Gasteiger partial charge < -0.3 is 4.90 Å². The fraction of sp³-hybridized carbons (Fsp3) is 0.235. The molecule has 140 valence electrons. The molecular formula is C17H17ClF2N2O3S. The predicted molar refractivity (Wildman–Crippen MR) is 94.1 cm³/mol. The molecule has 26 heavy (non-hydrogen) atoms. The third-order valence-electron chi connectivity index (χ3n) is 3.57. The minimum absolute atomic E-state index is 0.0834. The molecule has 0 bridgehead atoms. The lowest BCUT2D eigenvalue weighted by atomic mass is 10.2. The lowest BCUT2D eigenvalue weighted by Gasteiger charge is -2.17. The number of sulfonamides is 1. The van der Waals surface area contributed by atoms with E-state index in [1.807, 2.05) is 6.07 Å². The number of amides is 1. The fourth-order valence-corrected chi connectivity index (χ4v) is 3.46. The zero-order valence-corrected chi connectivity index (χ0v) is 15.4. The quantitative estimate of drug-likeness (QED) is 0.774. The molecule has 0 saturated heterocycles. The average Bonchev–Trinajstić information content (AvgIpc) is 2.57. The van der Waals surface area contributed by atoms with Gasteiger partial charge in [0.15, 0.2) is 11.6 Å². The summed E-state index contributed by atoms with van der Waals surface area (Å²) in [5, 5.41) is 0.558. The molecule has 0 radical (unpaired) electrons. The van der Waals surface area contributed by atoms with Gasteiger partial charge in [-0.3, -0.25) is 4.79 Å². The second-order valence-corrected chi connectivity index (χ2v) is 7.81. The molecule has 5 nitrogen and oxygen atoms in total. The van der Waals surface area contributed by atoms with Crippen LogP contribution in [0.15, 0.2) is 47.4 Å². The van der Waals surface area contributed by atoms with Gasteiger partial charge in [0.1, 0.15) is 0 Å². The van der Waals surface area contributed by atoms with Gasteiger partial charge in [0.25, 0.3) is 0 Å². The summed E-state index contributed by atoms with van der Waals surface area (Å²) in [6, 6.07) is 9.32. The van der Waals surface area contributed by atoms with Crippen LogP contribution >= 0.6 is 11.6 Å². The number of rotatable bonds is 7. The SMILES string of the molecule is CN(Cc1cccc(Cl)c1)C(=O)CCNS(=O)(=O)c1ccc(F)c(F)c1. The van der Waals surface area contributed by atoms with Crippen molar-refractivity contribution in [3.05, 3.63) is 64.7 Å². The summed E-state index contributed by atoms with van der Waals surface area (Å²) in [5.41, 5.74) is 0.843. The van der Waals surface area contributed by atoms with E-state index in [9.17, 15) is 22.0 Å². The molecule has 0 aliphatic heterocycles. The molecule has 0 heterocycles. The van der Waals surface area contributed by atoms with Crippen LogP contribution in [0, 0.1) is 11.6 Å². The number of hydrogen-bond donors (Lipinski definition) is 1. The van der Waals surface area contributed by atoms with E-state index in [0.717, 1.165) is 17.7 Å². The minimum atomic E-state index is -4.03. The molecule has 1 amide bonds. The van der Waals surface area contributed by atoms with Crippen molar-refractivity contribution in [2.24, 2.45) is 0 Å². The van der Waals surface area contributed by atoms with Gasteiger partial charge in [-0.05, 0) is 35.9 Å². The Morgan fingerprint density at radius 2 is 1.88 bits per heavy atom. The van der Waals surface area contributed by atoms with Crippen LogP contribution in [0.4, 0.5) is 8.78 Å². The van der Waals surface area contributed by atoms with Crippen LogP contribution in [0.2, 0.25) is 5.02 Å². The van der Waals surface area contributed by atoms with E-state index in [0.29, 0.717) is 17.6 Å². The maximum Gasteiger partial charge on any atom is 0.240 e. The molecule has 0 aliphatic rings. The van der Waals surface area contributed by atoms with Crippen molar-refractivity contribution in [3.63, 3.8) is 0 Å². The van der Waals surface area contributed by atoms with Gasteiger partial charge in [-0.15, -0.1) is 0 Å². The summed E-state index contributed by atoms with van der Waals surface area (Å²) in [6.07, 6.45) is -0.0834. The molecule has 2 rings (SSSR count). The van der Waals surface area contributed by atoms with E-state index in [2.05, 4.69) is 4.72 Å². The number of carbonyl (C=O) groups is 1. The van der Waals surface area contributed by atoms with Crippen molar-refractivity contribution < 1.29 is 22.0 Å². The van der Waals surface area contributed by atoms with E-state index in [1.54, 1.807) is 25.2 Å². The average molecular weight is 403 g/mol. The number of nitrogens with one attached hydrogen (secondary N) is 1. The van der Waals surface area contributed by atoms with Gasteiger partial charge >= 0.3 is 0 Å². The van der Waals surface area contributed by atoms with Gasteiger partial charge in [-0.1, -0.05) is 23.7 Å². The van der Waals surface area contributed by atoms with Gasteiger partial charge in [0.05, 0.1) is 4.90 Å². The van der Waals surface area contributed by atoms with E-state index in [1.165, 1.54) is 4.90 Å². The lowest BCUT2D eigenvalue weighted by molar-refractivity contribution is -0.130. The molecular weight excluding hydrogens is 386 g/mol. The predicted octanol–water partition coefficient (Wildman–Crippen LogP) is 2.95. The van der Waals surface area contributed by atoms with E-state index in [4.69, 9.17) is 11.6 Å². The van der Waals surface area contributed by atoms with Crippen molar-refractivity contribution in [3.8, 4) is 0 Å². The van der Waals surface area contributed by atoms with Crippen LogP contribution in [-0.4, -0.2) is 32.8 Å². The summed E-state index contributed by atoms with van der Waals surface area (Å²) in [6.45, 7) is 0.162. The molecule has 0 aromatic heterocycles. The smallest absolute Gasteiger partial charge is 0.240 e. The van der Waals surface area contributed by atoms with Gasteiger partial charge in [-0.2, -0.15) is 0 Å². The van der Waals surface area contributed by atoms with Crippen molar-refractivity contribution in [2.45, 2.75) is 17.9 Å². The summed E-state index contributed by atoms with van der Waals surface area (Å²) < 4.78 is 52.3. The molecule has 0 unspecified atom stereocenters. The number of hydrogen-bond acceptors (Lipinski definition) is 3. The first-order valence-corrected chi connectivity index (χ1v) is 9.48. The highest BCUT2D eigenvalue weighted by Crippen LogP contribution is 2.14. The maximum absolute atomic E-state index is 13.2. The Morgan fingerprint density at radius 1 is 1.15 bits per heavy atom. The Labute approximate surface area is 155 Å². The van der Waals surface area contributed by atoms with Gasteiger partial charge in [-0.25, -0.2) is 21.9 Å². The zero-order chi connectivity index (χ0) is 19.3. The highest BCUT2D eigenvalue weighted by Gasteiger charge is 2.17. The lowest BCUT2D eigenvalue weighted by Crippen LogP contribution is -2.32. The molecule has 2 aromatic rings. The first-order chi connectivity index (χ1) is 12.2. The second kappa shape index (κ2) is 8.57. The molecule has 0 aliphatic carbocycles. The molecule has 1 N–H and O–H groups in total. The first-order valence-electron chi connectivity index (χ1n) is 7.62. The Balaban J connectivity index is 1.89. The highest BCUT2D eigenvalue weighted by atomic mass is 35.5. The van der Waals surface area contributed by atoms with Crippen LogP contribution < -0.4 is 4.72 Å². The Kier molecular flexibility index (Phi) is 6.69. The highest BCUT2D eigenvalue weighted by molar-refractivity contribution is 7.89. The van der Waals surface area contributed by atoms with Crippen LogP contribution in [0.5, 0.6) is 0 Å². The Bertz CT molecular complexity index is 907. The third kappa shape index (κ3) is 5.48. The van der Waals surface area contributed by atoms with Crippen molar-refractivity contribution >= 4 is 27.5 Å². The number of halogens is 3. The largest absolute Gasteiger partial charge is 0.341 e. The minimum Gasteiger partial charge on any atom is -0.341 e. The fourth-order valence-electron chi connectivity index (χ4n) is 2.21. The summed E-state index contributed by atoms with van der Waals surface area (Å²) in [5.74, 6) is -2.68. The van der Waals surface area contributed by atoms with Crippen molar-refractivity contribution in [2.75, 3.05) is 13.6 Å². The van der Waals surface area contributed by atoms with E-state index >= 15 is 0 Å². The molecule has 0 fully saturated rings. The summed E-state index contributed by atoms with van der Waals surface area (Å²) in [7, 11) is -2.44. The monoisotopic (exact) mass is 402 g/mol. The maximum atomic E-state index is 13.2. The normalized spacial score (nSPS) is 11.4. The molecule has 2 aromatic carbocycles. The standard InChI is InChI=1S/C17H17ClF2N2O3S/c1-22(11-12-3-2-4-13(18)9-12)17(23)7-8-21-26(24,25)14-5-6-15(19)16(20)10-14/h2-6,9-10,21H,7-8,11H2,1H3. The number of benzene rings is 2. The summed E-state index contributed by atoms with van der Waals surface area (Å²) in [4.78, 5) is 13.1. The second-order valence-electron chi connectivity index (χ2n) is 5.60. The van der Waals surface area contributed by atoms with Crippen molar-refractivity contribution in [1.82, 2.24) is 9.62 Å². The third-order valence-corrected chi connectivity index (χ3v) is 5.26. The number of nitrogens with zero attached hydrogens (tertiary/aromatic N) is 1. The Morgan fingerprint density at radius 3 is 2.54 bits per heavy atom. The Hall–Kier alpha value is -2.03. The van der Waals surface area contributed by atoms with Gasteiger partial charge in [0, 0.05) is 31.6 Å². The van der Waals surface area contributed by atoms with Crippen LogP contribution in [0.25, 0.3) is 0 Å².